The molecule has 1 saturated heterocycles. The van der Waals surface area contributed by atoms with Crippen LogP contribution in [0.15, 0.2) is 0 Å². The summed E-state index contributed by atoms with van der Waals surface area (Å²) in [6, 6.07) is 0.758. The van der Waals surface area contributed by atoms with Gasteiger partial charge in [-0.05, 0) is 19.3 Å². The SMILES string of the molecule is ICCN1CCO[C@H]2CCC[C@H]21. The molecule has 1 aliphatic carbocycles. The second-order valence-corrected chi connectivity index (χ2v) is 4.71. The first kappa shape index (κ1) is 9.21. The van der Waals surface area contributed by atoms with Crippen LogP contribution in [0.4, 0.5) is 0 Å². The predicted molar refractivity (Wildman–Crippen MR) is 57.8 cm³/mol. The molecule has 2 fully saturated rings. The zero-order valence-corrected chi connectivity index (χ0v) is 9.50. The van der Waals surface area contributed by atoms with E-state index in [1.807, 2.05) is 0 Å². The Morgan fingerprint density at radius 1 is 1.42 bits per heavy atom. The highest BCUT2D eigenvalue weighted by atomic mass is 127. The average molecular weight is 281 g/mol. The number of nitrogens with zero attached hydrogens (tertiary/aromatic N) is 1. The van der Waals surface area contributed by atoms with Crippen LogP contribution in [-0.4, -0.2) is 41.2 Å². The van der Waals surface area contributed by atoms with Crippen LogP contribution in [0.1, 0.15) is 19.3 Å². The average Bonchev–Trinajstić information content (AvgIpc) is 2.53. The number of fused-ring (bicyclic) bond motifs is 1. The maximum Gasteiger partial charge on any atom is 0.0730 e. The summed E-state index contributed by atoms with van der Waals surface area (Å²) in [6.07, 6.45) is 4.60. The minimum atomic E-state index is 0.571. The monoisotopic (exact) mass is 281 g/mol. The molecule has 1 saturated carbocycles. The lowest BCUT2D eigenvalue weighted by Gasteiger charge is -2.37. The molecule has 0 aromatic heterocycles. The Bertz CT molecular complexity index is 151. The van der Waals surface area contributed by atoms with E-state index in [9.17, 15) is 0 Å². The molecular weight excluding hydrogens is 265 g/mol. The fourth-order valence-electron chi connectivity index (χ4n) is 2.39. The Morgan fingerprint density at radius 2 is 2.33 bits per heavy atom. The fraction of sp³-hybridized carbons (Fsp3) is 1.00. The van der Waals surface area contributed by atoms with Gasteiger partial charge in [0.25, 0.3) is 0 Å². The zero-order chi connectivity index (χ0) is 8.39. The Hall–Kier alpha value is 0.650. The minimum Gasteiger partial charge on any atom is -0.375 e. The largest absolute Gasteiger partial charge is 0.375 e. The van der Waals surface area contributed by atoms with Gasteiger partial charge in [0.2, 0.25) is 0 Å². The van der Waals surface area contributed by atoms with Crippen LogP contribution in [0.2, 0.25) is 0 Å². The zero-order valence-electron chi connectivity index (χ0n) is 7.34. The lowest BCUT2D eigenvalue weighted by molar-refractivity contribution is -0.0528. The van der Waals surface area contributed by atoms with Gasteiger partial charge >= 0.3 is 0 Å². The van der Waals surface area contributed by atoms with E-state index in [0.717, 1.165) is 19.2 Å². The van der Waals surface area contributed by atoms with Gasteiger partial charge in [-0.15, -0.1) is 0 Å². The summed E-state index contributed by atoms with van der Waals surface area (Å²) >= 11 is 2.46. The molecule has 0 amide bonds. The first-order chi connectivity index (χ1) is 5.92. The molecule has 0 aromatic rings. The van der Waals surface area contributed by atoms with Crippen molar-refractivity contribution in [2.75, 3.05) is 24.1 Å². The second kappa shape index (κ2) is 4.24. The number of hydrogen-bond acceptors (Lipinski definition) is 2. The van der Waals surface area contributed by atoms with Crippen molar-refractivity contribution in [3.63, 3.8) is 0 Å². The molecule has 0 N–H and O–H groups in total. The molecule has 0 aromatic carbocycles. The van der Waals surface area contributed by atoms with Gasteiger partial charge in [-0.3, -0.25) is 4.90 Å². The van der Waals surface area contributed by atoms with E-state index in [1.54, 1.807) is 0 Å². The van der Waals surface area contributed by atoms with Crippen molar-refractivity contribution < 1.29 is 4.74 Å². The van der Waals surface area contributed by atoms with Crippen LogP contribution >= 0.6 is 22.6 Å². The standard InChI is InChI=1S/C9H16INO/c10-4-5-11-6-7-12-9-3-1-2-8(9)11/h8-9H,1-7H2/t8-,9+/m1/s1. The highest BCUT2D eigenvalue weighted by Crippen LogP contribution is 2.29. The molecule has 0 unspecified atom stereocenters. The number of rotatable bonds is 2. The molecule has 0 bridgehead atoms. The third kappa shape index (κ3) is 1.77. The summed E-state index contributed by atoms with van der Waals surface area (Å²) in [5.41, 5.74) is 0. The quantitative estimate of drug-likeness (QED) is 0.564. The first-order valence-corrected chi connectivity index (χ1v) is 6.36. The lowest BCUT2D eigenvalue weighted by Crippen LogP contribution is -2.49. The van der Waals surface area contributed by atoms with Gasteiger partial charge in [0.1, 0.15) is 0 Å². The van der Waals surface area contributed by atoms with Crippen LogP contribution in [0.3, 0.4) is 0 Å². The van der Waals surface area contributed by atoms with E-state index in [0.29, 0.717) is 6.10 Å². The number of alkyl halides is 1. The van der Waals surface area contributed by atoms with Crippen LogP contribution in [0.5, 0.6) is 0 Å². The molecule has 2 nitrogen and oxygen atoms in total. The summed E-state index contributed by atoms with van der Waals surface area (Å²) in [5.74, 6) is 0. The number of halogens is 1. The molecule has 1 heterocycles. The Balaban J connectivity index is 1.94. The van der Waals surface area contributed by atoms with Crippen molar-refractivity contribution in [3.05, 3.63) is 0 Å². The van der Waals surface area contributed by atoms with E-state index < -0.39 is 0 Å². The van der Waals surface area contributed by atoms with Crippen molar-refractivity contribution in [1.29, 1.82) is 0 Å². The van der Waals surface area contributed by atoms with Crippen molar-refractivity contribution in [2.45, 2.75) is 31.4 Å². The third-order valence-corrected chi connectivity index (χ3v) is 3.45. The van der Waals surface area contributed by atoms with Crippen LogP contribution in [0, 0.1) is 0 Å². The molecule has 2 rings (SSSR count). The van der Waals surface area contributed by atoms with Gasteiger partial charge in [0, 0.05) is 23.6 Å². The maximum absolute atomic E-state index is 5.73. The Labute approximate surface area is 87.8 Å². The van der Waals surface area contributed by atoms with E-state index in [4.69, 9.17) is 4.74 Å². The van der Waals surface area contributed by atoms with E-state index in [2.05, 4.69) is 27.5 Å². The minimum absolute atomic E-state index is 0.571. The van der Waals surface area contributed by atoms with Crippen LogP contribution in [-0.2, 0) is 4.74 Å². The molecule has 3 heteroatoms. The topological polar surface area (TPSA) is 12.5 Å². The molecule has 70 valence electrons. The number of hydrogen-bond donors (Lipinski definition) is 0. The van der Waals surface area contributed by atoms with E-state index >= 15 is 0 Å². The van der Waals surface area contributed by atoms with Gasteiger partial charge in [0.15, 0.2) is 0 Å². The Morgan fingerprint density at radius 3 is 3.17 bits per heavy atom. The molecule has 1 aliphatic heterocycles. The predicted octanol–water partition coefficient (Wildman–Crippen LogP) is 1.67. The maximum atomic E-state index is 5.73. The van der Waals surface area contributed by atoms with Crippen molar-refractivity contribution in [1.82, 2.24) is 4.90 Å². The van der Waals surface area contributed by atoms with Gasteiger partial charge in [-0.25, -0.2) is 0 Å². The molecule has 0 spiro atoms. The first-order valence-electron chi connectivity index (χ1n) is 4.83. The van der Waals surface area contributed by atoms with Crippen molar-refractivity contribution in [3.8, 4) is 0 Å². The van der Waals surface area contributed by atoms with Gasteiger partial charge in [-0.1, -0.05) is 22.6 Å². The molecule has 0 radical (unpaired) electrons. The normalized spacial score (nSPS) is 36.8. The van der Waals surface area contributed by atoms with E-state index in [1.165, 1.54) is 30.2 Å². The molecule has 2 atom stereocenters. The van der Waals surface area contributed by atoms with Gasteiger partial charge in [0.05, 0.1) is 12.7 Å². The summed E-state index contributed by atoms with van der Waals surface area (Å²) in [4.78, 5) is 2.62. The summed E-state index contributed by atoms with van der Waals surface area (Å²) in [7, 11) is 0. The molecule has 12 heavy (non-hydrogen) atoms. The highest BCUT2D eigenvalue weighted by Gasteiger charge is 2.35. The van der Waals surface area contributed by atoms with Crippen LogP contribution in [0.25, 0.3) is 0 Å². The second-order valence-electron chi connectivity index (χ2n) is 3.63. The van der Waals surface area contributed by atoms with Gasteiger partial charge < -0.3 is 4.74 Å². The lowest BCUT2D eigenvalue weighted by atomic mass is 10.1. The summed E-state index contributed by atoms with van der Waals surface area (Å²) in [5, 5.41) is 0. The molecule has 2 aliphatic rings. The third-order valence-electron chi connectivity index (χ3n) is 2.97. The van der Waals surface area contributed by atoms with Crippen molar-refractivity contribution in [2.24, 2.45) is 0 Å². The summed E-state index contributed by atoms with van der Waals surface area (Å²) in [6.45, 7) is 3.37. The smallest absolute Gasteiger partial charge is 0.0730 e. The summed E-state index contributed by atoms with van der Waals surface area (Å²) < 4.78 is 6.99. The van der Waals surface area contributed by atoms with E-state index in [-0.39, 0.29) is 0 Å². The highest BCUT2D eigenvalue weighted by molar-refractivity contribution is 14.1. The van der Waals surface area contributed by atoms with Crippen LogP contribution < -0.4 is 0 Å². The number of ether oxygens (including phenoxy) is 1. The van der Waals surface area contributed by atoms with Gasteiger partial charge in [-0.2, -0.15) is 0 Å². The Kier molecular flexibility index (Phi) is 3.26. The molecular formula is C9H16INO. The number of morpholine rings is 1. The fourth-order valence-corrected chi connectivity index (χ4v) is 3.01. The van der Waals surface area contributed by atoms with Crippen molar-refractivity contribution >= 4 is 22.6 Å².